The first-order chi connectivity index (χ1) is 6.44. The minimum atomic E-state index is -3.22. The van der Waals surface area contributed by atoms with Crippen molar-refractivity contribution in [3.63, 3.8) is 0 Å². The second-order valence-electron chi connectivity index (χ2n) is 2.73. The summed E-state index contributed by atoms with van der Waals surface area (Å²) in [7, 11) is -2.15. The number of ether oxygens (including phenoxy) is 1. The van der Waals surface area contributed by atoms with Crippen LogP contribution in [0.25, 0.3) is 0 Å². The maximum atomic E-state index is 10.9. The molecule has 1 rings (SSSR count). The van der Waals surface area contributed by atoms with Crippen molar-refractivity contribution in [1.29, 1.82) is 0 Å². The lowest BCUT2D eigenvalue weighted by Gasteiger charge is -2.07. The van der Waals surface area contributed by atoms with Gasteiger partial charge >= 0.3 is 11.9 Å². The van der Waals surface area contributed by atoms with E-state index in [2.05, 4.69) is 10.1 Å². The van der Waals surface area contributed by atoms with Gasteiger partial charge in [-0.1, -0.05) is 0 Å². The first kappa shape index (κ1) is 10.7. The van der Waals surface area contributed by atoms with Crippen LogP contribution in [0.2, 0.25) is 0 Å². The monoisotopic (exact) mass is 219 g/mol. The Labute approximate surface area is 80.8 Å². The Hall–Kier alpha value is -1.37. The number of esters is 1. The molecule has 0 radical (unpaired) electrons. The van der Waals surface area contributed by atoms with Crippen molar-refractivity contribution < 1.29 is 22.7 Å². The van der Waals surface area contributed by atoms with E-state index in [9.17, 15) is 18.0 Å². The van der Waals surface area contributed by atoms with Crippen LogP contribution in [0.5, 0.6) is 0 Å². The molecule has 0 unspecified atom stereocenters. The largest absolute Gasteiger partial charge is 0.462 e. The van der Waals surface area contributed by atoms with E-state index in [1.165, 1.54) is 6.08 Å². The van der Waals surface area contributed by atoms with Crippen LogP contribution >= 0.6 is 0 Å². The van der Waals surface area contributed by atoms with Gasteiger partial charge < -0.3 is 10.1 Å². The summed E-state index contributed by atoms with van der Waals surface area (Å²) in [5.74, 6) is -2.20. The summed E-state index contributed by atoms with van der Waals surface area (Å²) in [6.45, 7) is 0. The summed E-state index contributed by atoms with van der Waals surface area (Å²) in [5, 5.41) is 3.21. The lowest BCUT2D eigenvalue weighted by Crippen LogP contribution is -2.40. The summed E-state index contributed by atoms with van der Waals surface area (Å²) in [4.78, 5) is 21.6. The molecule has 14 heavy (non-hydrogen) atoms. The molecule has 1 atom stereocenters. The molecule has 1 amide bonds. The van der Waals surface area contributed by atoms with Gasteiger partial charge in [0, 0.05) is 5.41 Å². The number of hydrogen-bond acceptors (Lipinski definition) is 5. The van der Waals surface area contributed by atoms with E-state index in [1.54, 1.807) is 0 Å². The third-order valence-electron chi connectivity index (χ3n) is 1.62. The second kappa shape index (κ2) is 3.79. The van der Waals surface area contributed by atoms with Crippen molar-refractivity contribution in [3.8, 4) is 0 Å². The van der Waals surface area contributed by atoms with Gasteiger partial charge in [-0.3, -0.25) is 4.79 Å². The maximum Gasteiger partial charge on any atom is 0.396 e. The first-order valence-electron chi connectivity index (χ1n) is 3.74. The van der Waals surface area contributed by atoms with Crippen molar-refractivity contribution in [2.24, 2.45) is 0 Å². The van der Waals surface area contributed by atoms with E-state index in [-0.39, 0.29) is 5.75 Å². The molecule has 0 fully saturated rings. The first-order valence-corrected chi connectivity index (χ1v) is 5.46. The van der Waals surface area contributed by atoms with Gasteiger partial charge in [0.25, 0.3) is 0 Å². The van der Waals surface area contributed by atoms with E-state index in [0.29, 0.717) is 0 Å². The number of hydrogen-bond donors (Lipinski definition) is 1. The van der Waals surface area contributed by atoms with E-state index < -0.39 is 27.8 Å². The fraction of sp³-hybridized carbons (Fsp3) is 0.429. The van der Waals surface area contributed by atoms with Crippen LogP contribution in [0.15, 0.2) is 11.5 Å². The molecular weight excluding hydrogens is 210 g/mol. The fourth-order valence-electron chi connectivity index (χ4n) is 0.986. The van der Waals surface area contributed by atoms with Gasteiger partial charge in [-0.25, -0.2) is 13.2 Å². The van der Waals surface area contributed by atoms with Gasteiger partial charge in [-0.2, -0.15) is 0 Å². The lowest BCUT2D eigenvalue weighted by molar-refractivity contribution is -0.152. The molecule has 1 aliphatic rings. The summed E-state index contributed by atoms with van der Waals surface area (Å²) < 4.78 is 26.0. The molecule has 0 aromatic carbocycles. The zero-order valence-electron chi connectivity index (χ0n) is 7.39. The number of carbonyl (C=O) groups excluding carboxylic acids is 2. The highest BCUT2D eigenvalue weighted by atomic mass is 32.2. The van der Waals surface area contributed by atoms with Gasteiger partial charge in [0.1, 0.15) is 0 Å². The van der Waals surface area contributed by atoms with Crippen LogP contribution in [-0.2, 0) is 24.2 Å². The Bertz CT molecular complexity index is 383. The zero-order valence-corrected chi connectivity index (χ0v) is 8.21. The van der Waals surface area contributed by atoms with Gasteiger partial charge in [0.05, 0.1) is 18.9 Å². The highest BCUT2D eigenvalue weighted by molar-refractivity contribution is 7.94. The van der Waals surface area contributed by atoms with Crippen LogP contribution < -0.4 is 5.32 Å². The molecule has 0 saturated carbocycles. The van der Waals surface area contributed by atoms with E-state index in [0.717, 1.165) is 12.5 Å². The zero-order chi connectivity index (χ0) is 10.8. The summed E-state index contributed by atoms with van der Waals surface area (Å²) in [6.07, 6.45) is 1.32. The van der Waals surface area contributed by atoms with Gasteiger partial charge in [-0.15, -0.1) is 0 Å². The summed E-state index contributed by atoms with van der Waals surface area (Å²) in [6, 6.07) is -0.647. The van der Waals surface area contributed by atoms with Gasteiger partial charge in [0.2, 0.25) is 0 Å². The number of carbonyl (C=O) groups is 2. The quantitative estimate of drug-likeness (QED) is 0.432. The molecule has 0 saturated heterocycles. The lowest BCUT2D eigenvalue weighted by atomic mass is 10.3. The fourth-order valence-corrected chi connectivity index (χ4v) is 2.22. The molecule has 0 aliphatic carbocycles. The van der Waals surface area contributed by atoms with Gasteiger partial charge in [0.15, 0.2) is 9.84 Å². The second-order valence-corrected chi connectivity index (χ2v) is 4.66. The van der Waals surface area contributed by atoms with E-state index in [1.807, 2.05) is 0 Å². The molecule has 6 nitrogen and oxygen atoms in total. The number of sulfone groups is 1. The highest BCUT2D eigenvalue weighted by Crippen LogP contribution is 2.07. The molecule has 0 bridgehead atoms. The van der Waals surface area contributed by atoms with Crippen LogP contribution in [0.3, 0.4) is 0 Å². The predicted molar refractivity (Wildman–Crippen MR) is 46.9 cm³/mol. The Morgan fingerprint density at radius 2 is 2.14 bits per heavy atom. The Morgan fingerprint density at radius 1 is 1.50 bits per heavy atom. The molecular formula is C7H9NO5S. The predicted octanol–water partition coefficient (Wildman–Crippen LogP) is -1.41. The summed E-state index contributed by atoms with van der Waals surface area (Å²) in [5.41, 5.74) is 0. The number of amides is 1. The summed E-state index contributed by atoms with van der Waals surface area (Å²) >= 11 is 0. The molecule has 0 aromatic rings. The molecule has 1 aliphatic heterocycles. The highest BCUT2D eigenvalue weighted by Gasteiger charge is 2.25. The van der Waals surface area contributed by atoms with E-state index in [4.69, 9.17) is 0 Å². The third kappa shape index (κ3) is 2.56. The molecule has 0 aromatic heterocycles. The van der Waals surface area contributed by atoms with Gasteiger partial charge in [-0.05, 0) is 6.08 Å². The molecule has 1 N–H and O–H groups in total. The van der Waals surface area contributed by atoms with Crippen LogP contribution in [0, 0.1) is 0 Å². The molecule has 1 heterocycles. The van der Waals surface area contributed by atoms with Crippen molar-refractivity contribution in [2.45, 2.75) is 6.04 Å². The maximum absolute atomic E-state index is 10.9. The average Bonchev–Trinajstić information content (AvgIpc) is 2.44. The van der Waals surface area contributed by atoms with Crippen molar-refractivity contribution in [1.82, 2.24) is 5.32 Å². The normalized spacial score (nSPS) is 23.1. The topological polar surface area (TPSA) is 89.5 Å². The number of nitrogens with one attached hydrogen (secondary N) is 1. The minimum absolute atomic E-state index is 0.213. The number of methoxy groups -OCH3 is 1. The average molecular weight is 219 g/mol. The third-order valence-corrected chi connectivity index (χ3v) is 3.01. The van der Waals surface area contributed by atoms with Crippen LogP contribution in [0.1, 0.15) is 0 Å². The van der Waals surface area contributed by atoms with Crippen molar-refractivity contribution >= 4 is 21.7 Å². The standard InChI is InChI=1S/C7H9NO5S/c1-13-7(10)6(9)8-5-2-3-14(11,12)4-5/h2-3,5H,4H2,1H3,(H,8,9)/t5-/m1/s1. The number of rotatable bonds is 1. The Balaban J connectivity index is 2.53. The Kier molecular flexibility index (Phi) is 2.90. The smallest absolute Gasteiger partial charge is 0.396 e. The van der Waals surface area contributed by atoms with Crippen molar-refractivity contribution in [3.05, 3.63) is 11.5 Å². The van der Waals surface area contributed by atoms with Crippen LogP contribution in [0.4, 0.5) is 0 Å². The van der Waals surface area contributed by atoms with Crippen molar-refractivity contribution in [2.75, 3.05) is 12.9 Å². The minimum Gasteiger partial charge on any atom is -0.462 e. The van der Waals surface area contributed by atoms with Crippen LogP contribution in [-0.4, -0.2) is 39.2 Å². The molecule has 78 valence electrons. The Morgan fingerprint density at radius 3 is 2.57 bits per heavy atom. The molecule has 0 spiro atoms. The molecule has 7 heteroatoms. The SMILES string of the molecule is COC(=O)C(=O)N[C@@H]1C=CS(=O)(=O)C1. The van der Waals surface area contributed by atoms with E-state index >= 15 is 0 Å².